The molecule has 0 radical (unpaired) electrons. The van der Waals surface area contributed by atoms with Crippen LogP contribution in [-0.2, 0) is 4.79 Å². The Morgan fingerprint density at radius 1 is 1.38 bits per heavy atom. The summed E-state index contributed by atoms with van der Waals surface area (Å²) < 4.78 is 1.78. The van der Waals surface area contributed by atoms with Crippen molar-refractivity contribution in [2.45, 2.75) is 13.8 Å². The van der Waals surface area contributed by atoms with Crippen LogP contribution in [0.2, 0.25) is 0 Å². The van der Waals surface area contributed by atoms with Gasteiger partial charge in [-0.1, -0.05) is 25.1 Å². The molecule has 1 unspecified atom stereocenters. The van der Waals surface area contributed by atoms with Crippen LogP contribution in [0, 0.1) is 18.8 Å². The molecule has 21 heavy (non-hydrogen) atoms. The summed E-state index contributed by atoms with van der Waals surface area (Å²) in [5.41, 5.74) is 2.10. The highest BCUT2D eigenvalue weighted by atomic mass is 16.2. The second-order valence-corrected chi connectivity index (χ2v) is 5.61. The quantitative estimate of drug-likeness (QED) is 0.902. The molecule has 1 aliphatic rings. The van der Waals surface area contributed by atoms with Crippen molar-refractivity contribution < 1.29 is 4.79 Å². The minimum Gasteiger partial charge on any atom is -0.316 e. The minimum atomic E-state index is 0.00599. The molecule has 3 rings (SSSR count). The van der Waals surface area contributed by atoms with E-state index in [0.717, 1.165) is 24.3 Å². The largest absolute Gasteiger partial charge is 0.316 e. The summed E-state index contributed by atoms with van der Waals surface area (Å²) in [6.45, 7) is 5.86. The van der Waals surface area contributed by atoms with Crippen LogP contribution >= 0.6 is 0 Å². The van der Waals surface area contributed by atoms with Crippen LogP contribution in [0.25, 0.3) is 5.69 Å². The summed E-state index contributed by atoms with van der Waals surface area (Å²) in [4.78, 5) is 12.3. The monoisotopic (exact) mass is 284 g/mol. The molecule has 2 N–H and O–H groups in total. The van der Waals surface area contributed by atoms with Gasteiger partial charge in [0, 0.05) is 12.0 Å². The maximum Gasteiger partial charge on any atom is 0.228 e. The third kappa shape index (κ3) is 2.69. The predicted octanol–water partition coefficient (Wildman–Crippen LogP) is 1.97. The van der Waals surface area contributed by atoms with Crippen molar-refractivity contribution in [1.82, 2.24) is 15.1 Å². The number of rotatable bonds is 4. The first kappa shape index (κ1) is 13.8. The summed E-state index contributed by atoms with van der Waals surface area (Å²) in [5, 5.41) is 10.5. The van der Waals surface area contributed by atoms with E-state index in [1.165, 1.54) is 0 Å². The number of hydrogen-bond acceptors (Lipinski definition) is 3. The van der Waals surface area contributed by atoms with E-state index in [-0.39, 0.29) is 11.8 Å². The Kier molecular flexibility index (Phi) is 3.75. The number of benzene rings is 1. The van der Waals surface area contributed by atoms with Gasteiger partial charge in [-0.2, -0.15) is 5.10 Å². The smallest absolute Gasteiger partial charge is 0.228 e. The fraction of sp³-hybridized carbons (Fsp3) is 0.375. The van der Waals surface area contributed by atoms with Gasteiger partial charge in [-0.25, -0.2) is 4.68 Å². The Bertz CT molecular complexity index is 645. The van der Waals surface area contributed by atoms with Crippen molar-refractivity contribution in [1.29, 1.82) is 0 Å². The van der Waals surface area contributed by atoms with Crippen molar-refractivity contribution in [3.05, 3.63) is 42.1 Å². The lowest BCUT2D eigenvalue weighted by Crippen LogP contribution is -2.48. The first-order chi connectivity index (χ1) is 10.2. The van der Waals surface area contributed by atoms with E-state index < -0.39 is 0 Å². The molecule has 1 atom stereocenters. The van der Waals surface area contributed by atoms with E-state index in [9.17, 15) is 4.79 Å². The van der Waals surface area contributed by atoms with Crippen molar-refractivity contribution in [2.24, 2.45) is 11.8 Å². The summed E-state index contributed by atoms with van der Waals surface area (Å²) in [7, 11) is 0. The average Bonchev–Trinajstić information content (AvgIpc) is 2.85. The molecule has 0 aliphatic carbocycles. The van der Waals surface area contributed by atoms with Crippen molar-refractivity contribution in [2.75, 3.05) is 18.4 Å². The number of hydrogen-bond donors (Lipinski definition) is 2. The van der Waals surface area contributed by atoms with Gasteiger partial charge in [0.05, 0.1) is 11.9 Å². The predicted molar refractivity (Wildman–Crippen MR) is 82.5 cm³/mol. The Morgan fingerprint density at radius 3 is 2.81 bits per heavy atom. The third-order valence-electron chi connectivity index (χ3n) is 4.17. The van der Waals surface area contributed by atoms with E-state index in [2.05, 4.69) is 15.7 Å². The van der Waals surface area contributed by atoms with Crippen LogP contribution in [0.4, 0.5) is 5.82 Å². The second kappa shape index (κ2) is 5.69. The first-order valence-electron chi connectivity index (χ1n) is 7.28. The topological polar surface area (TPSA) is 59.0 Å². The Labute approximate surface area is 124 Å². The Balaban J connectivity index is 1.79. The van der Waals surface area contributed by atoms with Gasteiger partial charge in [0.1, 0.15) is 5.82 Å². The molecule has 5 nitrogen and oxygen atoms in total. The lowest BCUT2D eigenvalue weighted by Gasteiger charge is -2.31. The number of carbonyl (C=O) groups is 1. The van der Waals surface area contributed by atoms with Crippen molar-refractivity contribution in [3.63, 3.8) is 0 Å². The fourth-order valence-electron chi connectivity index (χ4n) is 2.51. The van der Waals surface area contributed by atoms with Gasteiger partial charge in [0.15, 0.2) is 0 Å². The molecule has 0 spiro atoms. The maximum atomic E-state index is 12.3. The van der Waals surface area contributed by atoms with E-state index in [4.69, 9.17) is 0 Å². The number of para-hydroxylation sites is 1. The van der Waals surface area contributed by atoms with Crippen LogP contribution in [0.3, 0.4) is 0 Å². The summed E-state index contributed by atoms with van der Waals surface area (Å²) in [6.07, 6.45) is 1.71. The molecule has 2 heterocycles. The molecule has 0 bridgehead atoms. The molecular weight excluding hydrogens is 264 g/mol. The summed E-state index contributed by atoms with van der Waals surface area (Å²) in [6, 6.07) is 9.82. The zero-order chi connectivity index (χ0) is 14.8. The number of nitrogens with one attached hydrogen (secondary N) is 2. The highest BCUT2D eigenvalue weighted by Gasteiger charge is 2.29. The van der Waals surface area contributed by atoms with E-state index in [1.54, 1.807) is 10.9 Å². The van der Waals surface area contributed by atoms with Crippen LogP contribution < -0.4 is 10.6 Å². The molecule has 1 amide bonds. The van der Waals surface area contributed by atoms with E-state index >= 15 is 0 Å². The van der Waals surface area contributed by atoms with Crippen LogP contribution in [0.15, 0.2) is 36.5 Å². The molecule has 1 aromatic carbocycles. The number of anilines is 1. The molecular formula is C16H20N4O. The fourth-order valence-corrected chi connectivity index (χ4v) is 2.51. The molecule has 5 heteroatoms. The lowest BCUT2D eigenvalue weighted by molar-refractivity contribution is -0.121. The second-order valence-electron chi connectivity index (χ2n) is 5.61. The van der Waals surface area contributed by atoms with E-state index in [0.29, 0.717) is 11.7 Å². The third-order valence-corrected chi connectivity index (χ3v) is 4.17. The van der Waals surface area contributed by atoms with Gasteiger partial charge in [0.25, 0.3) is 0 Å². The Morgan fingerprint density at radius 2 is 2.14 bits per heavy atom. The summed E-state index contributed by atoms with van der Waals surface area (Å²) >= 11 is 0. The van der Waals surface area contributed by atoms with Gasteiger partial charge in [0.2, 0.25) is 5.91 Å². The van der Waals surface area contributed by atoms with Crippen LogP contribution in [0.5, 0.6) is 0 Å². The zero-order valence-electron chi connectivity index (χ0n) is 12.3. The molecule has 0 saturated carbocycles. The number of carbonyl (C=O) groups excluding carboxylic acids is 1. The SMILES string of the molecule is Cc1ccccc1-n1nccc1NC(=O)C(C)C1CNC1. The normalized spacial score (nSPS) is 16.3. The van der Waals surface area contributed by atoms with Crippen LogP contribution in [-0.4, -0.2) is 28.8 Å². The van der Waals surface area contributed by atoms with Gasteiger partial charge in [-0.3, -0.25) is 4.79 Å². The van der Waals surface area contributed by atoms with Gasteiger partial charge >= 0.3 is 0 Å². The highest BCUT2D eigenvalue weighted by molar-refractivity contribution is 5.92. The molecule has 110 valence electrons. The van der Waals surface area contributed by atoms with Crippen LogP contribution in [0.1, 0.15) is 12.5 Å². The van der Waals surface area contributed by atoms with Gasteiger partial charge in [-0.15, -0.1) is 0 Å². The number of aryl methyl sites for hydroxylation is 1. The highest BCUT2D eigenvalue weighted by Crippen LogP contribution is 2.21. The van der Waals surface area contributed by atoms with Crippen molar-refractivity contribution in [3.8, 4) is 5.69 Å². The molecule has 2 aromatic rings. The Hall–Kier alpha value is -2.14. The molecule has 1 fully saturated rings. The standard InChI is InChI=1S/C16H20N4O/c1-11-5-3-4-6-14(11)20-15(7-8-18-20)19-16(21)12(2)13-9-17-10-13/h3-8,12-13,17H,9-10H2,1-2H3,(H,19,21). The minimum absolute atomic E-state index is 0.00599. The first-order valence-corrected chi connectivity index (χ1v) is 7.28. The zero-order valence-corrected chi connectivity index (χ0v) is 12.3. The summed E-state index contributed by atoms with van der Waals surface area (Å²) in [5.74, 6) is 1.21. The average molecular weight is 284 g/mol. The molecule has 1 aromatic heterocycles. The van der Waals surface area contributed by atoms with E-state index in [1.807, 2.05) is 44.2 Å². The number of amides is 1. The lowest BCUT2D eigenvalue weighted by atomic mass is 9.88. The molecule has 1 saturated heterocycles. The number of nitrogens with zero attached hydrogens (tertiary/aromatic N) is 2. The maximum absolute atomic E-state index is 12.3. The molecule has 1 aliphatic heterocycles. The van der Waals surface area contributed by atoms with Gasteiger partial charge in [-0.05, 0) is 37.6 Å². The number of aromatic nitrogens is 2. The van der Waals surface area contributed by atoms with Gasteiger partial charge < -0.3 is 10.6 Å². The van der Waals surface area contributed by atoms with Crippen molar-refractivity contribution >= 4 is 11.7 Å².